The van der Waals surface area contributed by atoms with Gasteiger partial charge in [-0.1, -0.05) is 25.3 Å². The zero-order chi connectivity index (χ0) is 16.5. The van der Waals surface area contributed by atoms with E-state index in [1.807, 2.05) is 20.2 Å². The van der Waals surface area contributed by atoms with E-state index in [2.05, 4.69) is 0 Å². The van der Waals surface area contributed by atoms with Crippen LogP contribution < -0.4 is 0 Å². The Kier molecular flexibility index (Phi) is 4.54. The average molecular weight is 309 g/mol. The second-order valence-corrected chi connectivity index (χ2v) is 7.30. The molecule has 124 valence electrons. The molecule has 0 aromatic carbocycles. The number of nitrogens with zero attached hydrogens (tertiary/aromatic N) is 1. The van der Waals surface area contributed by atoms with Gasteiger partial charge in [-0.05, 0) is 38.5 Å². The number of rotatable bonds is 4. The van der Waals surface area contributed by atoms with Crippen LogP contribution in [0.5, 0.6) is 0 Å². The van der Waals surface area contributed by atoms with Crippen molar-refractivity contribution >= 4 is 11.9 Å². The molecule has 2 atom stereocenters. The van der Waals surface area contributed by atoms with E-state index in [0.29, 0.717) is 12.1 Å². The minimum atomic E-state index is -1.14. The van der Waals surface area contributed by atoms with Gasteiger partial charge in [-0.25, -0.2) is 0 Å². The van der Waals surface area contributed by atoms with Gasteiger partial charge in [-0.15, -0.1) is 0 Å². The molecule has 1 saturated carbocycles. The van der Waals surface area contributed by atoms with Crippen molar-refractivity contribution in [2.24, 2.45) is 16.7 Å². The highest BCUT2D eigenvalue weighted by molar-refractivity contribution is 5.82. The van der Waals surface area contributed by atoms with Gasteiger partial charge in [0.2, 0.25) is 0 Å². The molecular weight excluding hydrogens is 282 g/mol. The zero-order valence-corrected chi connectivity index (χ0v) is 13.8. The Morgan fingerprint density at radius 1 is 1.14 bits per heavy atom. The number of carboxylic acid groups (broad SMARTS) is 2. The van der Waals surface area contributed by atoms with Crippen molar-refractivity contribution in [2.75, 3.05) is 14.1 Å². The van der Waals surface area contributed by atoms with Crippen molar-refractivity contribution in [3.05, 3.63) is 11.8 Å². The first kappa shape index (κ1) is 16.8. The Bertz CT molecular complexity index is 493. The summed E-state index contributed by atoms with van der Waals surface area (Å²) in [6.07, 6.45) is 7.51. The minimum absolute atomic E-state index is 0.0809. The summed E-state index contributed by atoms with van der Waals surface area (Å²) in [6, 6.07) is 0. The molecule has 0 spiro atoms. The SMILES string of the molecule is CN(C)C1=CCC(C(=O)O)(C2CCCCC2)CC1(C)C(=O)O. The minimum Gasteiger partial charge on any atom is -0.481 e. The molecule has 0 aromatic heterocycles. The third-order valence-corrected chi connectivity index (χ3v) is 5.66. The molecular formula is C17H27NO4. The Balaban J connectivity index is 2.46. The summed E-state index contributed by atoms with van der Waals surface area (Å²) >= 11 is 0. The first-order valence-electron chi connectivity index (χ1n) is 8.09. The van der Waals surface area contributed by atoms with Gasteiger partial charge in [0.25, 0.3) is 0 Å². The summed E-state index contributed by atoms with van der Waals surface area (Å²) < 4.78 is 0. The molecule has 0 bridgehead atoms. The van der Waals surface area contributed by atoms with Crippen LogP contribution in [-0.4, -0.2) is 41.1 Å². The summed E-state index contributed by atoms with van der Waals surface area (Å²) in [5.74, 6) is -1.69. The molecule has 2 rings (SSSR count). The molecule has 0 radical (unpaired) electrons. The lowest BCUT2D eigenvalue weighted by Gasteiger charge is -2.48. The fraction of sp³-hybridized carbons (Fsp3) is 0.765. The molecule has 22 heavy (non-hydrogen) atoms. The maximum atomic E-state index is 12.1. The van der Waals surface area contributed by atoms with E-state index in [0.717, 1.165) is 32.1 Å². The number of carboxylic acids is 2. The molecule has 0 aromatic rings. The van der Waals surface area contributed by atoms with Gasteiger partial charge in [0.05, 0.1) is 5.41 Å². The van der Waals surface area contributed by atoms with Gasteiger partial charge >= 0.3 is 11.9 Å². The van der Waals surface area contributed by atoms with Gasteiger partial charge < -0.3 is 15.1 Å². The van der Waals surface area contributed by atoms with Crippen LogP contribution in [0.15, 0.2) is 11.8 Å². The molecule has 5 nitrogen and oxygen atoms in total. The fourth-order valence-corrected chi connectivity index (χ4v) is 4.46. The maximum Gasteiger partial charge on any atom is 0.315 e. The van der Waals surface area contributed by atoms with Gasteiger partial charge in [0, 0.05) is 19.8 Å². The van der Waals surface area contributed by atoms with Gasteiger partial charge in [0.15, 0.2) is 0 Å². The summed E-state index contributed by atoms with van der Waals surface area (Å²) in [6.45, 7) is 1.67. The van der Waals surface area contributed by atoms with Crippen LogP contribution in [0.2, 0.25) is 0 Å². The van der Waals surface area contributed by atoms with E-state index in [9.17, 15) is 19.8 Å². The first-order chi connectivity index (χ1) is 10.2. The summed E-state index contributed by atoms with van der Waals surface area (Å²) in [5.41, 5.74) is -1.36. The molecule has 0 aliphatic heterocycles. The largest absolute Gasteiger partial charge is 0.481 e. The molecule has 0 amide bonds. The highest BCUT2D eigenvalue weighted by Crippen LogP contribution is 2.54. The van der Waals surface area contributed by atoms with Crippen LogP contribution in [0.25, 0.3) is 0 Å². The average Bonchev–Trinajstić information content (AvgIpc) is 2.47. The third-order valence-electron chi connectivity index (χ3n) is 5.66. The maximum absolute atomic E-state index is 12.1. The van der Waals surface area contributed by atoms with Crippen LogP contribution in [0.1, 0.15) is 51.9 Å². The Hall–Kier alpha value is -1.52. The van der Waals surface area contributed by atoms with E-state index in [-0.39, 0.29) is 12.3 Å². The van der Waals surface area contributed by atoms with Crippen molar-refractivity contribution in [3.8, 4) is 0 Å². The predicted molar refractivity (Wildman–Crippen MR) is 83.4 cm³/mol. The smallest absolute Gasteiger partial charge is 0.315 e. The monoisotopic (exact) mass is 309 g/mol. The molecule has 0 heterocycles. The molecule has 2 unspecified atom stereocenters. The molecule has 2 aliphatic carbocycles. The van der Waals surface area contributed by atoms with Crippen molar-refractivity contribution in [2.45, 2.75) is 51.9 Å². The van der Waals surface area contributed by atoms with Crippen LogP contribution >= 0.6 is 0 Å². The quantitative estimate of drug-likeness (QED) is 0.835. The van der Waals surface area contributed by atoms with Gasteiger partial charge in [-0.2, -0.15) is 0 Å². The standard InChI is InChI=1S/C17H27NO4/c1-16(14(19)20)11-17(15(21)22,10-9-13(16)18(2)3)12-7-5-4-6-8-12/h9,12H,4-8,10-11H2,1-3H3,(H,19,20)(H,21,22). The number of carbonyl (C=O) groups is 2. The van der Waals surface area contributed by atoms with Gasteiger partial charge in [0.1, 0.15) is 5.41 Å². The predicted octanol–water partition coefficient (Wildman–Crippen LogP) is 2.97. The summed E-state index contributed by atoms with van der Waals surface area (Å²) in [7, 11) is 3.64. The third kappa shape index (κ3) is 2.61. The van der Waals surface area contributed by atoms with Crippen LogP contribution in [0.3, 0.4) is 0 Å². The van der Waals surface area contributed by atoms with E-state index in [1.54, 1.807) is 11.8 Å². The molecule has 2 aliphatic rings. The van der Waals surface area contributed by atoms with Crippen molar-refractivity contribution < 1.29 is 19.8 Å². The first-order valence-corrected chi connectivity index (χ1v) is 8.09. The van der Waals surface area contributed by atoms with Crippen LogP contribution in [0.4, 0.5) is 0 Å². The lowest BCUT2D eigenvalue weighted by molar-refractivity contribution is -0.162. The topological polar surface area (TPSA) is 77.8 Å². The number of aliphatic carboxylic acids is 2. The lowest BCUT2D eigenvalue weighted by Crippen LogP contribution is -2.50. The Morgan fingerprint density at radius 2 is 1.73 bits per heavy atom. The van der Waals surface area contributed by atoms with Crippen LogP contribution in [0, 0.1) is 16.7 Å². The number of allylic oxidation sites excluding steroid dienone is 1. The van der Waals surface area contributed by atoms with Crippen LogP contribution in [-0.2, 0) is 9.59 Å². The zero-order valence-electron chi connectivity index (χ0n) is 13.8. The Labute approximate surface area is 132 Å². The summed E-state index contributed by atoms with van der Waals surface area (Å²) in [4.78, 5) is 25.9. The normalized spacial score (nSPS) is 33.1. The van der Waals surface area contributed by atoms with E-state index in [1.165, 1.54) is 0 Å². The van der Waals surface area contributed by atoms with Crippen molar-refractivity contribution in [3.63, 3.8) is 0 Å². The van der Waals surface area contributed by atoms with E-state index < -0.39 is 22.8 Å². The second-order valence-electron chi connectivity index (χ2n) is 7.30. The molecule has 0 saturated heterocycles. The Morgan fingerprint density at radius 3 is 2.18 bits per heavy atom. The summed E-state index contributed by atoms with van der Waals surface area (Å²) in [5, 5.41) is 19.7. The molecule has 2 N–H and O–H groups in total. The fourth-order valence-electron chi connectivity index (χ4n) is 4.46. The second kappa shape index (κ2) is 5.94. The van der Waals surface area contributed by atoms with E-state index >= 15 is 0 Å². The van der Waals surface area contributed by atoms with Crippen molar-refractivity contribution in [1.82, 2.24) is 4.90 Å². The van der Waals surface area contributed by atoms with Gasteiger partial charge in [-0.3, -0.25) is 9.59 Å². The van der Waals surface area contributed by atoms with E-state index in [4.69, 9.17) is 0 Å². The van der Waals surface area contributed by atoms with Crippen molar-refractivity contribution in [1.29, 1.82) is 0 Å². The number of hydrogen-bond acceptors (Lipinski definition) is 3. The highest BCUT2D eigenvalue weighted by atomic mass is 16.4. The molecule has 5 heteroatoms. The number of hydrogen-bond donors (Lipinski definition) is 2. The highest BCUT2D eigenvalue weighted by Gasteiger charge is 2.55. The molecule has 1 fully saturated rings. The lowest BCUT2D eigenvalue weighted by atomic mass is 9.56.